The first-order valence-electron chi connectivity index (χ1n) is 6.32. The molecule has 0 aromatic heterocycles. The van der Waals surface area contributed by atoms with Crippen LogP contribution in [-0.2, 0) is 4.79 Å². The monoisotopic (exact) mass is 312 g/mol. The minimum absolute atomic E-state index is 0.0973. The van der Waals surface area contributed by atoms with Crippen LogP contribution >= 0.6 is 15.9 Å². The highest BCUT2D eigenvalue weighted by Gasteiger charge is 2.05. The number of anilines is 1. The van der Waals surface area contributed by atoms with Crippen molar-refractivity contribution in [2.45, 2.75) is 39.7 Å². The standard InChI is InChI=1S/C14H21BrN2O/c1-4-11(3)17-14(18)7-8-16-13-6-5-10(2)9-12(13)15/h5-6,9,11,16H,4,7-8H2,1-3H3,(H,17,18). The van der Waals surface area contributed by atoms with Crippen molar-refractivity contribution >= 4 is 27.5 Å². The first kappa shape index (κ1) is 15.0. The zero-order valence-corrected chi connectivity index (χ0v) is 12.8. The van der Waals surface area contributed by atoms with E-state index in [1.54, 1.807) is 0 Å². The van der Waals surface area contributed by atoms with Gasteiger partial charge in [-0.15, -0.1) is 0 Å². The van der Waals surface area contributed by atoms with Crippen LogP contribution in [0.15, 0.2) is 22.7 Å². The molecule has 18 heavy (non-hydrogen) atoms. The van der Waals surface area contributed by atoms with Gasteiger partial charge in [0.05, 0.1) is 0 Å². The molecule has 100 valence electrons. The summed E-state index contributed by atoms with van der Waals surface area (Å²) < 4.78 is 1.03. The molecule has 0 saturated carbocycles. The minimum atomic E-state index is 0.0973. The highest BCUT2D eigenvalue weighted by atomic mass is 79.9. The molecule has 0 fully saturated rings. The molecular weight excluding hydrogens is 292 g/mol. The van der Waals surface area contributed by atoms with E-state index >= 15 is 0 Å². The Balaban J connectivity index is 2.35. The summed E-state index contributed by atoms with van der Waals surface area (Å²) in [6.45, 7) is 6.77. The van der Waals surface area contributed by atoms with Crippen LogP contribution in [0.25, 0.3) is 0 Å². The Kier molecular flexibility index (Phi) is 6.19. The van der Waals surface area contributed by atoms with Gasteiger partial charge in [0.25, 0.3) is 0 Å². The summed E-state index contributed by atoms with van der Waals surface area (Å²) in [6.07, 6.45) is 1.45. The number of halogens is 1. The molecule has 0 radical (unpaired) electrons. The quantitative estimate of drug-likeness (QED) is 0.844. The molecule has 0 spiro atoms. The Bertz CT molecular complexity index is 407. The van der Waals surface area contributed by atoms with Crippen LogP contribution in [0, 0.1) is 6.92 Å². The van der Waals surface area contributed by atoms with Crippen LogP contribution in [-0.4, -0.2) is 18.5 Å². The van der Waals surface area contributed by atoms with Crippen molar-refractivity contribution in [3.63, 3.8) is 0 Å². The van der Waals surface area contributed by atoms with Crippen molar-refractivity contribution in [2.75, 3.05) is 11.9 Å². The number of carbonyl (C=O) groups is 1. The molecule has 0 bridgehead atoms. The molecule has 2 N–H and O–H groups in total. The van der Waals surface area contributed by atoms with Crippen molar-refractivity contribution in [2.24, 2.45) is 0 Å². The molecule has 1 rings (SSSR count). The van der Waals surface area contributed by atoms with Gasteiger partial charge in [0, 0.05) is 29.2 Å². The molecule has 1 atom stereocenters. The molecule has 1 unspecified atom stereocenters. The first-order valence-corrected chi connectivity index (χ1v) is 7.11. The number of carbonyl (C=O) groups excluding carboxylic acids is 1. The maximum absolute atomic E-state index is 11.6. The SMILES string of the molecule is CCC(C)NC(=O)CCNc1ccc(C)cc1Br. The Labute approximate surface area is 117 Å². The van der Waals surface area contributed by atoms with E-state index in [-0.39, 0.29) is 11.9 Å². The van der Waals surface area contributed by atoms with Crippen LogP contribution in [0.4, 0.5) is 5.69 Å². The van der Waals surface area contributed by atoms with E-state index in [0.29, 0.717) is 13.0 Å². The average Bonchev–Trinajstić information content (AvgIpc) is 2.31. The number of amides is 1. The normalized spacial score (nSPS) is 12.0. The second kappa shape index (κ2) is 7.41. The van der Waals surface area contributed by atoms with E-state index in [1.165, 1.54) is 5.56 Å². The van der Waals surface area contributed by atoms with Crippen LogP contribution < -0.4 is 10.6 Å². The highest BCUT2D eigenvalue weighted by Crippen LogP contribution is 2.23. The zero-order chi connectivity index (χ0) is 13.5. The number of hydrogen-bond donors (Lipinski definition) is 2. The fourth-order valence-corrected chi connectivity index (χ4v) is 2.16. The zero-order valence-electron chi connectivity index (χ0n) is 11.2. The van der Waals surface area contributed by atoms with Gasteiger partial charge in [-0.2, -0.15) is 0 Å². The van der Waals surface area contributed by atoms with Gasteiger partial charge in [-0.05, 0) is 53.9 Å². The van der Waals surface area contributed by atoms with Gasteiger partial charge in [0.2, 0.25) is 5.91 Å². The topological polar surface area (TPSA) is 41.1 Å². The van der Waals surface area contributed by atoms with Crippen molar-refractivity contribution in [1.82, 2.24) is 5.32 Å². The Hall–Kier alpha value is -1.03. The summed E-state index contributed by atoms with van der Waals surface area (Å²) in [5.74, 6) is 0.0973. The Morgan fingerprint density at radius 3 is 2.78 bits per heavy atom. The van der Waals surface area contributed by atoms with Gasteiger partial charge in [-0.25, -0.2) is 0 Å². The van der Waals surface area contributed by atoms with E-state index in [2.05, 4.69) is 39.6 Å². The number of aryl methyl sites for hydroxylation is 1. The van der Waals surface area contributed by atoms with E-state index in [0.717, 1.165) is 16.6 Å². The van der Waals surface area contributed by atoms with E-state index in [9.17, 15) is 4.79 Å². The maximum Gasteiger partial charge on any atom is 0.221 e. The van der Waals surface area contributed by atoms with Crippen molar-refractivity contribution in [3.8, 4) is 0 Å². The summed E-state index contributed by atoms with van der Waals surface area (Å²) in [4.78, 5) is 11.6. The van der Waals surface area contributed by atoms with Gasteiger partial charge in [-0.1, -0.05) is 13.0 Å². The number of hydrogen-bond acceptors (Lipinski definition) is 2. The second-order valence-electron chi connectivity index (χ2n) is 4.54. The van der Waals surface area contributed by atoms with Gasteiger partial charge < -0.3 is 10.6 Å². The Morgan fingerprint density at radius 1 is 1.44 bits per heavy atom. The third-order valence-electron chi connectivity index (χ3n) is 2.81. The van der Waals surface area contributed by atoms with Crippen molar-refractivity contribution in [3.05, 3.63) is 28.2 Å². The molecule has 1 aromatic rings. The van der Waals surface area contributed by atoms with Gasteiger partial charge in [0.1, 0.15) is 0 Å². The average molecular weight is 313 g/mol. The van der Waals surface area contributed by atoms with E-state index in [1.807, 2.05) is 26.0 Å². The van der Waals surface area contributed by atoms with Gasteiger partial charge >= 0.3 is 0 Å². The van der Waals surface area contributed by atoms with E-state index < -0.39 is 0 Å². The van der Waals surface area contributed by atoms with Crippen LogP contribution in [0.2, 0.25) is 0 Å². The number of nitrogens with one attached hydrogen (secondary N) is 2. The molecule has 1 aromatic carbocycles. The number of benzene rings is 1. The molecule has 1 amide bonds. The summed E-state index contributed by atoms with van der Waals surface area (Å²) >= 11 is 3.50. The molecule has 0 saturated heterocycles. The largest absolute Gasteiger partial charge is 0.384 e. The lowest BCUT2D eigenvalue weighted by Gasteiger charge is -2.12. The lowest BCUT2D eigenvalue weighted by molar-refractivity contribution is -0.121. The minimum Gasteiger partial charge on any atom is -0.384 e. The van der Waals surface area contributed by atoms with Crippen molar-refractivity contribution < 1.29 is 4.79 Å². The van der Waals surface area contributed by atoms with Crippen molar-refractivity contribution in [1.29, 1.82) is 0 Å². The maximum atomic E-state index is 11.6. The fourth-order valence-electron chi connectivity index (χ4n) is 1.52. The smallest absolute Gasteiger partial charge is 0.221 e. The highest BCUT2D eigenvalue weighted by molar-refractivity contribution is 9.10. The van der Waals surface area contributed by atoms with Crippen LogP contribution in [0.5, 0.6) is 0 Å². The molecule has 0 aliphatic heterocycles. The van der Waals surface area contributed by atoms with E-state index in [4.69, 9.17) is 0 Å². The predicted molar refractivity (Wildman–Crippen MR) is 79.9 cm³/mol. The Morgan fingerprint density at radius 2 is 2.17 bits per heavy atom. The lowest BCUT2D eigenvalue weighted by Crippen LogP contribution is -2.32. The lowest BCUT2D eigenvalue weighted by atomic mass is 10.2. The molecule has 0 heterocycles. The molecule has 3 nitrogen and oxygen atoms in total. The third kappa shape index (κ3) is 5.08. The second-order valence-corrected chi connectivity index (χ2v) is 5.39. The first-order chi connectivity index (χ1) is 8.52. The molecular formula is C14H21BrN2O. The summed E-state index contributed by atoms with van der Waals surface area (Å²) in [6, 6.07) is 6.38. The predicted octanol–water partition coefficient (Wildman–Crippen LogP) is 3.47. The summed E-state index contributed by atoms with van der Waals surface area (Å²) in [5, 5.41) is 6.20. The number of rotatable bonds is 6. The van der Waals surface area contributed by atoms with Gasteiger partial charge in [0.15, 0.2) is 0 Å². The summed E-state index contributed by atoms with van der Waals surface area (Å²) in [7, 11) is 0. The van der Waals surface area contributed by atoms with Crippen LogP contribution in [0.3, 0.4) is 0 Å². The molecule has 0 aliphatic rings. The van der Waals surface area contributed by atoms with Crippen LogP contribution in [0.1, 0.15) is 32.3 Å². The fraction of sp³-hybridized carbons (Fsp3) is 0.500. The summed E-state index contributed by atoms with van der Waals surface area (Å²) in [5.41, 5.74) is 2.24. The third-order valence-corrected chi connectivity index (χ3v) is 3.47. The molecule has 4 heteroatoms. The molecule has 0 aliphatic carbocycles. The van der Waals surface area contributed by atoms with Gasteiger partial charge in [-0.3, -0.25) is 4.79 Å².